The van der Waals surface area contributed by atoms with Crippen LogP contribution >= 0.6 is 0 Å². The van der Waals surface area contributed by atoms with Crippen molar-refractivity contribution in [3.05, 3.63) is 63.6 Å². The highest BCUT2D eigenvalue weighted by Gasteiger charge is 2.18. The molecule has 2 aromatic rings. The fraction of sp³-hybridized carbons (Fsp3) is 0.500. The molecule has 1 fully saturated rings. The lowest BCUT2D eigenvalue weighted by molar-refractivity contribution is 0.140. The first kappa shape index (κ1) is 22.9. The molecule has 0 radical (unpaired) electrons. The maximum atomic E-state index is 11.9. The van der Waals surface area contributed by atoms with Crippen LogP contribution in [0.2, 0.25) is 0 Å². The Labute approximate surface area is 184 Å². The second kappa shape index (κ2) is 11.6. The number of aliphatic imine (C=N–C) groups is 1. The molecule has 1 saturated heterocycles. The molecule has 1 aromatic heterocycles. The Morgan fingerprint density at radius 2 is 2.10 bits per heavy atom. The van der Waals surface area contributed by atoms with Crippen molar-refractivity contribution >= 4 is 5.96 Å². The Balaban J connectivity index is 1.44. The van der Waals surface area contributed by atoms with E-state index >= 15 is 0 Å². The molecule has 1 aromatic carbocycles. The van der Waals surface area contributed by atoms with Gasteiger partial charge >= 0.3 is 0 Å². The second-order valence-electron chi connectivity index (χ2n) is 7.93. The van der Waals surface area contributed by atoms with Crippen molar-refractivity contribution in [1.29, 1.82) is 0 Å². The summed E-state index contributed by atoms with van der Waals surface area (Å²) in [6.07, 6.45) is 2.92. The molecule has 3 rings (SSSR count). The molecule has 0 bridgehead atoms. The fourth-order valence-corrected chi connectivity index (χ4v) is 3.61. The van der Waals surface area contributed by atoms with E-state index < -0.39 is 0 Å². The lowest BCUT2D eigenvalue weighted by Crippen LogP contribution is -2.37. The van der Waals surface area contributed by atoms with Gasteiger partial charge in [0.05, 0.1) is 13.2 Å². The summed E-state index contributed by atoms with van der Waals surface area (Å²) in [4.78, 5) is 16.3. The standard InChI is InChI=1S/C24H34N4O3/c1-18-9-10-20(22(15-18)31-21-11-14-30-17-21)16-27-24(25-3)26-12-4-5-13-28-19(2)7-6-8-23(28)29/h6-10,15,21H,4-5,11-14,16-17H2,1-3H3,(H2,25,26,27). The van der Waals surface area contributed by atoms with Crippen LogP contribution in [0.15, 0.2) is 46.2 Å². The summed E-state index contributed by atoms with van der Waals surface area (Å²) in [5.41, 5.74) is 3.33. The highest BCUT2D eigenvalue weighted by atomic mass is 16.5. The van der Waals surface area contributed by atoms with Gasteiger partial charge in [-0.1, -0.05) is 18.2 Å². The van der Waals surface area contributed by atoms with E-state index in [1.807, 2.05) is 17.6 Å². The Hall–Kier alpha value is -2.80. The Kier molecular flexibility index (Phi) is 8.53. The van der Waals surface area contributed by atoms with Crippen molar-refractivity contribution in [2.24, 2.45) is 4.99 Å². The van der Waals surface area contributed by atoms with E-state index in [2.05, 4.69) is 40.7 Å². The highest BCUT2D eigenvalue weighted by molar-refractivity contribution is 5.79. The number of aromatic nitrogens is 1. The third-order valence-corrected chi connectivity index (χ3v) is 5.44. The van der Waals surface area contributed by atoms with E-state index in [9.17, 15) is 4.79 Å². The molecule has 1 unspecified atom stereocenters. The summed E-state index contributed by atoms with van der Waals surface area (Å²) in [5, 5.41) is 6.72. The molecular weight excluding hydrogens is 392 g/mol. The molecule has 7 heteroatoms. The summed E-state index contributed by atoms with van der Waals surface area (Å²) in [5.74, 6) is 1.66. The normalized spacial score (nSPS) is 16.4. The van der Waals surface area contributed by atoms with Crippen molar-refractivity contribution in [2.75, 3.05) is 26.8 Å². The first-order chi connectivity index (χ1) is 15.1. The molecule has 31 heavy (non-hydrogen) atoms. The number of nitrogens with one attached hydrogen (secondary N) is 2. The zero-order valence-electron chi connectivity index (χ0n) is 18.8. The van der Waals surface area contributed by atoms with Crippen molar-refractivity contribution in [2.45, 2.75) is 52.3 Å². The SMILES string of the molecule is CN=C(NCCCCn1c(C)cccc1=O)NCc1ccc(C)cc1OC1CCOC1. The molecule has 2 heterocycles. The number of nitrogens with zero attached hydrogens (tertiary/aromatic N) is 2. The van der Waals surface area contributed by atoms with E-state index in [1.54, 1.807) is 19.2 Å². The third kappa shape index (κ3) is 6.85. The number of hydrogen-bond acceptors (Lipinski definition) is 4. The number of benzene rings is 1. The maximum absolute atomic E-state index is 11.9. The lowest BCUT2D eigenvalue weighted by atomic mass is 10.1. The van der Waals surface area contributed by atoms with Crippen LogP contribution in [0.3, 0.4) is 0 Å². The van der Waals surface area contributed by atoms with Gasteiger partial charge in [-0.3, -0.25) is 9.79 Å². The predicted octanol–water partition coefficient (Wildman–Crippen LogP) is 2.78. The van der Waals surface area contributed by atoms with Gasteiger partial charge in [0.1, 0.15) is 11.9 Å². The van der Waals surface area contributed by atoms with Crippen LogP contribution in [-0.4, -0.2) is 43.4 Å². The average molecular weight is 427 g/mol. The number of ether oxygens (including phenoxy) is 2. The van der Waals surface area contributed by atoms with E-state index in [1.165, 1.54) is 5.56 Å². The van der Waals surface area contributed by atoms with Crippen LogP contribution in [-0.2, 0) is 17.8 Å². The van der Waals surface area contributed by atoms with E-state index in [4.69, 9.17) is 9.47 Å². The molecular formula is C24H34N4O3. The molecule has 2 N–H and O–H groups in total. The number of pyridine rings is 1. The van der Waals surface area contributed by atoms with Gasteiger partial charge in [0, 0.05) is 50.4 Å². The third-order valence-electron chi connectivity index (χ3n) is 5.44. The number of unbranched alkanes of at least 4 members (excludes halogenated alkanes) is 1. The van der Waals surface area contributed by atoms with Crippen LogP contribution in [0.4, 0.5) is 0 Å². The maximum Gasteiger partial charge on any atom is 0.250 e. The van der Waals surface area contributed by atoms with Crippen molar-refractivity contribution in [3.8, 4) is 5.75 Å². The molecule has 1 aliphatic rings. The minimum absolute atomic E-state index is 0.0609. The van der Waals surface area contributed by atoms with E-state index in [0.29, 0.717) is 13.2 Å². The molecule has 1 atom stereocenters. The summed E-state index contributed by atoms with van der Waals surface area (Å²) >= 11 is 0. The summed E-state index contributed by atoms with van der Waals surface area (Å²) in [6, 6.07) is 11.7. The predicted molar refractivity (Wildman–Crippen MR) is 124 cm³/mol. The fourth-order valence-electron chi connectivity index (χ4n) is 3.61. The average Bonchev–Trinajstić information content (AvgIpc) is 3.26. The molecule has 0 aliphatic carbocycles. The monoisotopic (exact) mass is 426 g/mol. The highest BCUT2D eigenvalue weighted by Crippen LogP contribution is 2.23. The molecule has 1 aliphatic heterocycles. The van der Waals surface area contributed by atoms with Crippen molar-refractivity contribution in [1.82, 2.24) is 15.2 Å². The quantitative estimate of drug-likeness (QED) is 0.366. The van der Waals surface area contributed by atoms with Gasteiger partial charge in [0.2, 0.25) is 0 Å². The first-order valence-corrected chi connectivity index (χ1v) is 11.0. The Morgan fingerprint density at radius 3 is 2.84 bits per heavy atom. The smallest absolute Gasteiger partial charge is 0.250 e. The zero-order chi connectivity index (χ0) is 22.1. The molecule has 7 nitrogen and oxygen atoms in total. The first-order valence-electron chi connectivity index (χ1n) is 11.0. The van der Waals surface area contributed by atoms with Gasteiger partial charge in [0.25, 0.3) is 5.56 Å². The van der Waals surface area contributed by atoms with Crippen molar-refractivity contribution < 1.29 is 9.47 Å². The van der Waals surface area contributed by atoms with Crippen LogP contribution in [0.5, 0.6) is 5.75 Å². The molecule has 168 valence electrons. The topological polar surface area (TPSA) is 76.9 Å². The summed E-state index contributed by atoms with van der Waals surface area (Å²) in [6.45, 7) is 7.60. The molecule has 0 saturated carbocycles. The zero-order valence-corrected chi connectivity index (χ0v) is 18.8. The van der Waals surface area contributed by atoms with Crippen molar-refractivity contribution in [3.63, 3.8) is 0 Å². The van der Waals surface area contributed by atoms with Gasteiger partial charge in [-0.2, -0.15) is 0 Å². The molecule has 0 amide bonds. The number of aryl methyl sites for hydroxylation is 2. The minimum Gasteiger partial charge on any atom is -0.488 e. The minimum atomic E-state index is 0.0609. The number of guanidine groups is 1. The van der Waals surface area contributed by atoms with E-state index in [0.717, 1.165) is 61.9 Å². The van der Waals surface area contributed by atoms with Gasteiger partial charge < -0.3 is 24.7 Å². The van der Waals surface area contributed by atoms with E-state index in [-0.39, 0.29) is 11.7 Å². The lowest BCUT2D eigenvalue weighted by Gasteiger charge is -2.18. The molecule has 0 spiro atoms. The summed E-state index contributed by atoms with van der Waals surface area (Å²) < 4.78 is 13.4. The van der Waals surface area contributed by atoms with Gasteiger partial charge in [-0.15, -0.1) is 0 Å². The number of rotatable bonds is 9. The largest absolute Gasteiger partial charge is 0.488 e. The number of hydrogen-bond donors (Lipinski definition) is 2. The van der Waals surface area contributed by atoms with Crippen LogP contribution in [0, 0.1) is 13.8 Å². The van der Waals surface area contributed by atoms with Gasteiger partial charge in [0.15, 0.2) is 5.96 Å². The van der Waals surface area contributed by atoms with Crippen LogP contribution in [0.25, 0.3) is 0 Å². The van der Waals surface area contributed by atoms with Gasteiger partial charge in [-0.05, 0) is 44.4 Å². The van der Waals surface area contributed by atoms with Gasteiger partial charge in [-0.25, -0.2) is 0 Å². The Morgan fingerprint density at radius 1 is 1.23 bits per heavy atom. The van der Waals surface area contributed by atoms with Crippen LogP contribution < -0.4 is 20.9 Å². The Bertz CT molecular complexity index is 933. The second-order valence-corrected chi connectivity index (χ2v) is 7.93. The summed E-state index contributed by atoms with van der Waals surface area (Å²) in [7, 11) is 1.77. The van der Waals surface area contributed by atoms with Crippen LogP contribution in [0.1, 0.15) is 36.1 Å².